The second-order valence-corrected chi connectivity index (χ2v) is 8.73. The van der Waals surface area contributed by atoms with E-state index in [1.807, 2.05) is 12.1 Å². The van der Waals surface area contributed by atoms with Crippen molar-refractivity contribution in [2.75, 3.05) is 66.6 Å². The maximum atomic E-state index is 6.00. The van der Waals surface area contributed by atoms with Crippen LogP contribution < -0.4 is 5.32 Å². The lowest BCUT2D eigenvalue weighted by Gasteiger charge is -2.42. The predicted octanol–water partition coefficient (Wildman–Crippen LogP) is 3.15. The van der Waals surface area contributed by atoms with Crippen molar-refractivity contribution in [3.63, 3.8) is 0 Å². The monoisotopic (exact) mass is 549 g/mol. The second kappa shape index (κ2) is 12.4. The molecule has 1 N–H and O–H groups in total. The van der Waals surface area contributed by atoms with Crippen LogP contribution in [0.15, 0.2) is 29.3 Å². The molecule has 0 spiro atoms. The molecule has 2 heterocycles. The average Bonchev–Trinajstić information content (AvgIpc) is 2.74. The zero-order valence-electron chi connectivity index (χ0n) is 18.6. The van der Waals surface area contributed by atoms with Gasteiger partial charge in [0, 0.05) is 63.0 Å². The van der Waals surface area contributed by atoms with Crippen LogP contribution in [-0.2, 0) is 11.3 Å². The van der Waals surface area contributed by atoms with Crippen molar-refractivity contribution in [3.05, 3.63) is 34.9 Å². The third-order valence-corrected chi connectivity index (χ3v) is 6.47. The minimum absolute atomic E-state index is 0. The van der Waals surface area contributed by atoms with E-state index in [4.69, 9.17) is 21.3 Å². The third-order valence-electron chi connectivity index (χ3n) is 6.22. The number of piperazine rings is 1. The SMILES string of the molecule is CCNC(=NCC1(N(C)C)CCOCC1)N1CCN(Cc2ccc(Cl)cc2)CC1.I. The zero-order valence-corrected chi connectivity index (χ0v) is 21.7. The fraction of sp³-hybridized carbons (Fsp3) is 0.682. The molecular weight excluding hydrogens is 513 g/mol. The fourth-order valence-corrected chi connectivity index (χ4v) is 4.24. The number of nitrogens with zero attached hydrogens (tertiary/aromatic N) is 4. The fourth-order valence-electron chi connectivity index (χ4n) is 4.11. The Balaban J connectivity index is 0.00000320. The van der Waals surface area contributed by atoms with Crippen molar-refractivity contribution in [1.82, 2.24) is 20.0 Å². The number of likely N-dealkylation sites (N-methyl/N-ethyl adjacent to an activating group) is 1. The van der Waals surface area contributed by atoms with Gasteiger partial charge in [0.25, 0.3) is 0 Å². The molecule has 1 aromatic carbocycles. The number of benzene rings is 1. The second-order valence-electron chi connectivity index (χ2n) is 8.29. The Morgan fingerprint density at radius 1 is 1.13 bits per heavy atom. The number of halogens is 2. The van der Waals surface area contributed by atoms with E-state index < -0.39 is 0 Å². The minimum atomic E-state index is 0. The van der Waals surface area contributed by atoms with E-state index in [0.29, 0.717) is 0 Å². The van der Waals surface area contributed by atoms with E-state index in [9.17, 15) is 0 Å². The van der Waals surface area contributed by atoms with Gasteiger partial charge in [-0.1, -0.05) is 23.7 Å². The quantitative estimate of drug-likeness (QED) is 0.336. The van der Waals surface area contributed by atoms with Crippen LogP contribution >= 0.6 is 35.6 Å². The van der Waals surface area contributed by atoms with Gasteiger partial charge in [-0.3, -0.25) is 9.89 Å². The number of aliphatic imine (C=N–C) groups is 1. The Bertz CT molecular complexity index is 656. The summed E-state index contributed by atoms with van der Waals surface area (Å²) in [6.45, 7) is 10.6. The largest absolute Gasteiger partial charge is 0.381 e. The maximum Gasteiger partial charge on any atom is 0.194 e. The summed E-state index contributed by atoms with van der Waals surface area (Å²) in [6.07, 6.45) is 2.08. The highest BCUT2D eigenvalue weighted by Crippen LogP contribution is 2.26. The van der Waals surface area contributed by atoms with Gasteiger partial charge in [-0.05, 0) is 51.6 Å². The number of hydrogen-bond acceptors (Lipinski definition) is 4. The van der Waals surface area contributed by atoms with Gasteiger partial charge in [0.1, 0.15) is 0 Å². The van der Waals surface area contributed by atoms with Crippen LogP contribution in [0.5, 0.6) is 0 Å². The Kier molecular flexibility index (Phi) is 10.6. The highest BCUT2D eigenvalue weighted by Gasteiger charge is 2.35. The van der Waals surface area contributed by atoms with Crippen LogP contribution in [0.2, 0.25) is 5.02 Å². The lowest BCUT2D eigenvalue weighted by atomic mass is 9.89. The van der Waals surface area contributed by atoms with Gasteiger partial charge in [0.05, 0.1) is 6.54 Å². The van der Waals surface area contributed by atoms with Crippen molar-refractivity contribution in [3.8, 4) is 0 Å². The molecule has 2 saturated heterocycles. The molecule has 8 heteroatoms. The van der Waals surface area contributed by atoms with E-state index in [-0.39, 0.29) is 29.5 Å². The van der Waals surface area contributed by atoms with Crippen LogP contribution in [0.1, 0.15) is 25.3 Å². The highest BCUT2D eigenvalue weighted by atomic mass is 127. The molecule has 0 aliphatic carbocycles. The van der Waals surface area contributed by atoms with E-state index in [1.54, 1.807) is 0 Å². The molecule has 0 radical (unpaired) electrons. The van der Waals surface area contributed by atoms with Crippen LogP contribution in [0.25, 0.3) is 0 Å². The number of ether oxygens (including phenoxy) is 1. The molecule has 0 bridgehead atoms. The molecule has 1 aromatic rings. The lowest BCUT2D eigenvalue weighted by molar-refractivity contribution is -0.00268. The summed E-state index contributed by atoms with van der Waals surface area (Å²) in [4.78, 5) is 12.3. The Labute approximate surface area is 204 Å². The van der Waals surface area contributed by atoms with Crippen molar-refractivity contribution < 1.29 is 4.74 Å². The van der Waals surface area contributed by atoms with E-state index >= 15 is 0 Å². The molecule has 6 nitrogen and oxygen atoms in total. The molecule has 0 saturated carbocycles. The van der Waals surface area contributed by atoms with Gasteiger partial charge >= 0.3 is 0 Å². The topological polar surface area (TPSA) is 43.3 Å². The number of nitrogens with one attached hydrogen (secondary N) is 1. The first kappa shape index (κ1) is 25.6. The summed E-state index contributed by atoms with van der Waals surface area (Å²) < 4.78 is 5.60. The normalized spacial score (nSPS) is 20.2. The highest BCUT2D eigenvalue weighted by molar-refractivity contribution is 14.0. The van der Waals surface area contributed by atoms with Gasteiger partial charge < -0.3 is 19.9 Å². The Morgan fingerprint density at radius 2 is 1.77 bits per heavy atom. The third kappa shape index (κ3) is 6.95. The van der Waals surface area contributed by atoms with Crippen molar-refractivity contribution >= 4 is 41.5 Å². The summed E-state index contributed by atoms with van der Waals surface area (Å²) in [5.41, 5.74) is 1.42. The Morgan fingerprint density at radius 3 is 2.33 bits per heavy atom. The molecule has 0 aromatic heterocycles. The molecule has 30 heavy (non-hydrogen) atoms. The molecule has 2 aliphatic heterocycles. The van der Waals surface area contributed by atoms with Crippen LogP contribution in [0.3, 0.4) is 0 Å². The van der Waals surface area contributed by atoms with Gasteiger partial charge in [-0.2, -0.15) is 0 Å². The van der Waals surface area contributed by atoms with Gasteiger partial charge in [-0.25, -0.2) is 0 Å². The summed E-state index contributed by atoms with van der Waals surface area (Å²) in [7, 11) is 4.34. The number of hydrogen-bond donors (Lipinski definition) is 1. The first-order valence-corrected chi connectivity index (χ1v) is 11.2. The van der Waals surface area contributed by atoms with Crippen molar-refractivity contribution in [2.24, 2.45) is 4.99 Å². The summed E-state index contributed by atoms with van der Waals surface area (Å²) in [5, 5.41) is 4.31. The molecule has 170 valence electrons. The van der Waals surface area contributed by atoms with Gasteiger partial charge in [0.2, 0.25) is 0 Å². The molecule has 0 atom stereocenters. The van der Waals surface area contributed by atoms with E-state index in [2.05, 4.69) is 53.2 Å². The molecule has 0 unspecified atom stereocenters. The van der Waals surface area contributed by atoms with Crippen LogP contribution in [-0.4, -0.2) is 92.8 Å². The summed E-state index contributed by atoms with van der Waals surface area (Å²) in [6, 6.07) is 8.18. The lowest BCUT2D eigenvalue weighted by Crippen LogP contribution is -2.54. The average molecular weight is 550 g/mol. The van der Waals surface area contributed by atoms with Crippen LogP contribution in [0, 0.1) is 0 Å². The molecule has 2 fully saturated rings. The molecule has 3 rings (SSSR count). The van der Waals surface area contributed by atoms with Gasteiger partial charge in [-0.15, -0.1) is 24.0 Å². The standard InChI is InChI=1S/C22H36ClN5O.HI/c1-4-24-21(25-18-22(26(2)3)9-15-29-16-10-22)28-13-11-27(12-14-28)17-19-5-7-20(23)8-6-19;/h5-8H,4,9-18H2,1-3H3,(H,24,25);1H. The summed E-state index contributed by atoms with van der Waals surface area (Å²) >= 11 is 6.00. The van der Waals surface area contributed by atoms with E-state index in [0.717, 1.165) is 82.9 Å². The Hall–Kier alpha value is -0.610. The predicted molar refractivity (Wildman–Crippen MR) is 136 cm³/mol. The van der Waals surface area contributed by atoms with E-state index in [1.165, 1.54) is 5.56 Å². The zero-order chi connectivity index (χ0) is 20.7. The molecule has 0 amide bonds. The molecule has 2 aliphatic rings. The number of rotatable bonds is 6. The van der Waals surface area contributed by atoms with Gasteiger partial charge in [0.15, 0.2) is 5.96 Å². The smallest absolute Gasteiger partial charge is 0.194 e. The first-order valence-electron chi connectivity index (χ1n) is 10.8. The molecular formula is C22H37ClIN5O. The van der Waals surface area contributed by atoms with Crippen molar-refractivity contribution in [1.29, 1.82) is 0 Å². The maximum absolute atomic E-state index is 6.00. The summed E-state index contributed by atoms with van der Waals surface area (Å²) in [5.74, 6) is 1.05. The number of guanidine groups is 1. The van der Waals surface area contributed by atoms with Crippen LogP contribution in [0.4, 0.5) is 0 Å². The minimum Gasteiger partial charge on any atom is -0.381 e. The first-order chi connectivity index (χ1) is 14.0. The van der Waals surface area contributed by atoms with Crippen molar-refractivity contribution in [2.45, 2.75) is 31.8 Å².